The summed E-state index contributed by atoms with van der Waals surface area (Å²) >= 11 is 0. The van der Waals surface area contributed by atoms with Gasteiger partial charge in [0, 0.05) is 0 Å². The summed E-state index contributed by atoms with van der Waals surface area (Å²) in [6.07, 6.45) is -2.56. The van der Waals surface area contributed by atoms with Gasteiger partial charge in [-0.05, 0) is 0 Å². The molecule has 0 aromatic carbocycles. The third-order valence-electron chi connectivity index (χ3n) is 5.37. The number of aliphatic imine (C=N–C) groups is 1. The first-order valence-electron chi connectivity index (χ1n) is 11.4. The first-order valence-corrected chi connectivity index (χ1v) is 11.4. The zero-order valence-corrected chi connectivity index (χ0v) is 21.0. The van der Waals surface area contributed by atoms with E-state index in [1.54, 1.807) is 0 Å². The lowest BCUT2D eigenvalue weighted by molar-refractivity contribution is -0.125. The zero-order valence-electron chi connectivity index (χ0n) is 21.0. The lowest BCUT2D eigenvalue weighted by Gasteiger charge is -2.41. The van der Waals surface area contributed by atoms with Gasteiger partial charge in [-0.25, -0.2) is 0 Å². The van der Waals surface area contributed by atoms with Gasteiger partial charge in [-0.2, -0.15) is 0 Å². The van der Waals surface area contributed by atoms with Crippen LogP contribution in [0.1, 0.15) is 25.7 Å². The molecule has 1 aliphatic carbocycles. The molecule has 40 heavy (non-hydrogen) atoms. The van der Waals surface area contributed by atoms with Crippen molar-refractivity contribution in [1.29, 1.82) is 0 Å². The summed E-state index contributed by atoms with van der Waals surface area (Å²) < 4.78 is 0. The van der Waals surface area contributed by atoms with E-state index in [4.69, 9.17) is 45.9 Å². The number of nitrogens with zero attached hydrogens (tertiary/aromatic N) is 1. The van der Waals surface area contributed by atoms with Crippen molar-refractivity contribution in [3.8, 4) is 0 Å². The summed E-state index contributed by atoms with van der Waals surface area (Å²) in [6.45, 7) is 0. The number of hydrogen-bond acceptors (Lipinski definition) is 12. The van der Waals surface area contributed by atoms with Crippen LogP contribution in [0, 0.1) is 0 Å². The van der Waals surface area contributed by atoms with Crippen molar-refractivity contribution in [1.82, 2.24) is 16.0 Å². The van der Waals surface area contributed by atoms with Crippen molar-refractivity contribution in [2.75, 3.05) is 0 Å². The van der Waals surface area contributed by atoms with E-state index in [1.807, 2.05) is 0 Å². The summed E-state index contributed by atoms with van der Waals surface area (Å²) in [5, 5.41) is 7.83. The van der Waals surface area contributed by atoms with Crippen LogP contribution in [0.4, 0.5) is 0 Å². The molecular formula is C20H32N12O8. The number of nitrogens with one attached hydrogen (secondary N) is 3. The first kappa shape index (κ1) is 32.8. The van der Waals surface area contributed by atoms with Gasteiger partial charge in [-0.1, -0.05) is 0 Å². The topological polar surface area (TPSA) is 393 Å². The molecule has 0 fully saturated rings. The number of rotatable bonds is 19. The second-order valence-corrected chi connectivity index (χ2v) is 8.66. The van der Waals surface area contributed by atoms with E-state index in [-0.39, 0.29) is 17.1 Å². The molecule has 20 heteroatoms. The van der Waals surface area contributed by atoms with Gasteiger partial charge in [0.1, 0.15) is 18.1 Å². The Kier molecular flexibility index (Phi) is 11.5. The van der Waals surface area contributed by atoms with Crippen LogP contribution in [0.25, 0.3) is 0 Å². The Hall–Kier alpha value is -5.27. The maximum atomic E-state index is 12.0. The lowest BCUT2D eigenvalue weighted by atomic mass is 9.87. The van der Waals surface area contributed by atoms with Gasteiger partial charge in [0.15, 0.2) is 0 Å². The van der Waals surface area contributed by atoms with Gasteiger partial charge in [0.25, 0.3) is 0 Å². The van der Waals surface area contributed by atoms with Gasteiger partial charge in [-0.3, -0.25) is 48.7 Å². The van der Waals surface area contributed by atoms with Crippen LogP contribution in [0.3, 0.4) is 0 Å². The quantitative estimate of drug-likeness (QED) is 0.0694. The molecule has 20 nitrogen and oxygen atoms in total. The molecule has 5 atom stereocenters. The predicted molar refractivity (Wildman–Crippen MR) is 135 cm³/mol. The second-order valence-electron chi connectivity index (χ2n) is 8.66. The Balaban J connectivity index is 3.86. The molecule has 0 aliphatic heterocycles. The Morgan fingerprint density at radius 3 is 1.35 bits per heavy atom. The van der Waals surface area contributed by atoms with E-state index in [0.717, 1.165) is 0 Å². The van der Waals surface area contributed by atoms with Crippen molar-refractivity contribution in [2.45, 2.75) is 55.9 Å². The monoisotopic (exact) mass is 568 g/mol. The minimum absolute atomic E-state index is 0.141. The second kappa shape index (κ2) is 14.0. The van der Waals surface area contributed by atoms with Gasteiger partial charge < -0.3 is 56.5 Å². The number of hydrogen-bond donors (Lipinski definition) is 11. The van der Waals surface area contributed by atoms with E-state index >= 15 is 0 Å². The average molecular weight is 569 g/mol. The van der Waals surface area contributed by atoms with Gasteiger partial charge in [-0.15, -0.1) is 0 Å². The van der Waals surface area contributed by atoms with Crippen molar-refractivity contribution >= 4 is 53.0 Å². The molecule has 19 N–H and O–H groups in total. The summed E-state index contributed by atoms with van der Waals surface area (Å²) in [6, 6.07) is -7.35. The molecule has 220 valence electrons. The zero-order chi connectivity index (χ0) is 30.9. The minimum Gasteiger partial charge on any atom is -0.373 e. The van der Waals surface area contributed by atoms with Crippen molar-refractivity contribution in [3.05, 3.63) is 11.4 Å². The van der Waals surface area contributed by atoms with Crippen LogP contribution in [-0.4, -0.2) is 83.2 Å². The van der Waals surface area contributed by atoms with E-state index < -0.39 is 103 Å². The fourth-order valence-electron chi connectivity index (χ4n) is 3.52. The first-order chi connectivity index (χ1) is 18.4. The summed E-state index contributed by atoms with van der Waals surface area (Å²) in [7, 11) is 0. The van der Waals surface area contributed by atoms with Crippen molar-refractivity contribution in [2.24, 2.45) is 50.9 Å². The lowest BCUT2D eigenvalue weighted by Crippen LogP contribution is -2.64. The van der Waals surface area contributed by atoms with E-state index in [9.17, 15) is 38.4 Å². The molecule has 1 rings (SSSR count). The molecule has 0 spiro atoms. The molecule has 0 radical (unpaired) electrons. The summed E-state index contributed by atoms with van der Waals surface area (Å²) in [5.41, 5.74) is 41.5. The molecule has 0 heterocycles. The smallest absolute Gasteiger partial charge is 0.242 e. The Morgan fingerprint density at radius 1 is 0.575 bits per heavy atom. The molecule has 0 aromatic rings. The fourth-order valence-corrected chi connectivity index (χ4v) is 3.52. The highest BCUT2D eigenvalue weighted by molar-refractivity contribution is 6.14. The third-order valence-corrected chi connectivity index (χ3v) is 5.37. The van der Waals surface area contributed by atoms with E-state index in [1.165, 1.54) is 0 Å². The number of nitrogens with two attached hydrogens (primary N) is 8. The average Bonchev–Trinajstić information content (AvgIpc) is 2.79. The van der Waals surface area contributed by atoms with Crippen LogP contribution in [0.15, 0.2) is 16.4 Å². The Morgan fingerprint density at radius 2 is 0.975 bits per heavy atom. The molecular weight excluding hydrogens is 536 g/mol. The molecule has 0 aromatic heterocycles. The summed E-state index contributed by atoms with van der Waals surface area (Å²) in [4.78, 5) is 98.2. The molecule has 0 saturated heterocycles. The fraction of sp³-hybridized carbons (Fsp3) is 0.450. The highest BCUT2D eigenvalue weighted by Gasteiger charge is 2.43. The van der Waals surface area contributed by atoms with Crippen LogP contribution in [0.2, 0.25) is 0 Å². The standard InChI is InChI=1S/C20H32N12O8/c21-9(33)1-5(17(25)37)29-13-14(30-6(18(26)38)2-10(22)34)16(32-8(20(28)40)4-12(24)36)15(13)31-7(19(27)39)3-11(23)35/h5-8,13,29-30,32H,1-4H2,(H2,21,33)(H2,22,34)(H2,23,35)(H2,24,36)(H2,25,37)(H2,26,38)(H2,27,39)(H2,28,40). The molecule has 1 aliphatic rings. The van der Waals surface area contributed by atoms with E-state index in [0.29, 0.717) is 0 Å². The number of carbonyl (C=O) groups is 8. The van der Waals surface area contributed by atoms with Crippen molar-refractivity contribution in [3.63, 3.8) is 0 Å². The van der Waals surface area contributed by atoms with Gasteiger partial charge in [0.05, 0.1) is 54.9 Å². The largest absolute Gasteiger partial charge is 0.373 e. The maximum absolute atomic E-state index is 12.0. The van der Waals surface area contributed by atoms with Gasteiger partial charge in [0.2, 0.25) is 47.3 Å². The van der Waals surface area contributed by atoms with Crippen molar-refractivity contribution < 1.29 is 38.4 Å². The molecule has 0 bridgehead atoms. The van der Waals surface area contributed by atoms with Gasteiger partial charge >= 0.3 is 0 Å². The minimum atomic E-state index is -1.58. The van der Waals surface area contributed by atoms with Crippen LogP contribution < -0.4 is 61.8 Å². The number of carbonyl (C=O) groups excluding carboxylic acids is 8. The highest BCUT2D eigenvalue weighted by Crippen LogP contribution is 2.26. The van der Waals surface area contributed by atoms with Crippen LogP contribution in [0.5, 0.6) is 0 Å². The summed E-state index contributed by atoms with van der Waals surface area (Å²) in [5.74, 6) is -8.14. The van der Waals surface area contributed by atoms with E-state index in [2.05, 4.69) is 20.9 Å². The Labute approximate surface area is 226 Å². The predicted octanol–water partition coefficient (Wildman–Crippen LogP) is -8.29. The molecule has 8 amide bonds. The number of amides is 8. The highest BCUT2D eigenvalue weighted by atomic mass is 16.2. The normalized spacial score (nSPS) is 18.4. The Bertz CT molecular complexity index is 1170. The maximum Gasteiger partial charge on any atom is 0.242 e. The number of primary amides is 8. The van der Waals surface area contributed by atoms with Crippen LogP contribution >= 0.6 is 0 Å². The van der Waals surface area contributed by atoms with Crippen LogP contribution in [-0.2, 0) is 38.4 Å². The molecule has 5 unspecified atom stereocenters. The third kappa shape index (κ3) is 9.55. The molecule has 0 saturated carbocycles. The SMILES string of the molecule is NC(=O)CC(N=C1C(NC(CC(N)=O)C(N)=O)=C(NC(CC(N)=O)C(N)=O)C1NC(CC(N)=O)C(N)=O)C(N)=O.